The van der Waals surface area contributed by atoms with E-state index in [1.54, 1.807) is 13.8 Å². The molecule has 1 nitrogen and oxygen atoms in total. The quantitative estimate of drug-likeness (QED) is 0.519. The number of ether oxygens (including phenoxy) is 1. The summed E-state index contributed by atoms with van der Waals surface area (Å²) in [6, 6.07) is 0. The van der Waals surface area contributed by atoms with Crippen molar-refractivity contribution >= 4 is 0 Å². The van der Waals surface area contributed by atoms with Gasteiger partial charge in [0.1, 0.15) is 0 Å². The van der Waals surface area contributed by atoms with Crippen molar-refractivity contribution in [2.45, 2.75) is 85.7 Å². The zero-order chi connectivity index (χ0) is 15.3. The monoisotopic (exact) mass is 278 g/mol. The predicted octanol–water partition coefficient (Wildman–Crippen LogP) is 5.68. The molecular formula is C16H32F2O. The van der Waals surface area contributed by atoms with Crippen molar-refractivity contribution in [3.05, 3.63) is 0 Å². The van der Waals surface area contributed by atoms with E-state index in [1.807, 2.05) is 20.8 Å². The van der Waals surface area contributed by atoms with Gasteiger partial charge in [-0.1, -0.05) is 34.1 Å². The van der Waals surface area contributed by atoms with Crippen LogP contribution in [0.15, 0.2) is 0 Å². The molecule has 0 atom stereocenters. The molecular weight excluding hydrogens is 246 g/mol. The fraction of sp³-hybridized carbons (Fsp3) is 1.00. The molecule has 0 aromatic heterocycles. The van der Waals surface area contributed by atoms with Crippen molar-refractivity contribution < 1.29 is 13.5 Å². The maximum Gasteiger partial charge on any atom is 0.250 e. The van der Waals surface area contributed by atoms with E-state index in [0.717, 1.165) is 12.8 Å². The normalized spacial score (nSPS) is 14.2. The van der Waals surface area contributed by atoms with Gasteiger partial charge in [-0.2, -0.15) is 0 Å². The van der Waals surface area contributed by atoms with E-state index in [4.69, 9.17) is 4.74 Å². The summed E-state index contributed by atoms with van der Waals surface area (Å²) in [7, 11) is 0. The smallest absolute Gasteiger partial charge is 0.250 e. The molecule has 0 spiro atoms. The maximum absolute atomic E-state index is 13.4. The standard InChI is InChI=1S/C16H32F2O/c1-13(2)16(17,18)11-9-8-10-15(6,7)12-19-14(3,4)5/h13H,8-12H2,1-7H3. The highest BCUT2D eigenvalue weighted by Crippen LogP contribution is 2.32. The lowest BCUT2D eigenvalue weighted by atomic mass is 9.87. The van der Waals surface area contributed by atoms with E-state index in [1.165, 1.54) is 0 Å². The van der Waals surface area contributed by atoms with Crippen LogP contribution >= 0.6 is 0 Å². The molecule has 0 unspecified atom stereocenters. The molecule has 0 aromatic rings. The summed E-state index contributed by atoms with van der Waals surface area (Å²) < 4.78 is 32.7. The molecule has 19 heavy (non-hydrogen) atoms. The van der Waals surface area contributed by atoms with Gasteiger partial charge in [0.2, 0.25) is 5.92 Å². The number of rotatable bonds is 8. The Morgan fingerprint density at radius 3 is 1.79 bits per heavy atom. The van der Waals surface area contributed by atoms with Crippen LogP contribution in [0.4, 0.5) is 8.78 Å². The second-order valence-electron chi connectivity index (χ2n) is 7.69. The van der Waals surface area contributed by atoms with Gasteiger partial charge in [-0.3, -0.25) is 0 Å². The summed E-state index contributed by atoms with van der Waals surface area (Å²) in [4.78, 5) is 0. The summed E-state index contributed by atoms with van der Waals surface area (Å²) >= 11 is 0. The highest BCUT2D eigenvalue weighted by atomic mass is 19.3. The van der Waals surface area contributed by atoms with Crippen LogP contribution in [-0.2, 0) is 4.74 Å². The van der Waals surface area contributed by atoms with Crippen LogP contribution in [-0.4, -0.2) is 18.1 Å². The Morgan fingerprint density at radius 2 is 1.37 bits per heavy atom. The van der Waals surface area contributed by atoms with Crippen molar-refractivity contribution in [2.75, 3.05) is 6.61 Å². The van der Waals surface area contributed by atoms with E-state index < -0.39 is 11.8 Å². The average molecular weight is 278 g/mol. The second kappa shape index (κ2) is 7.01. The van der Waals surface area contributed by atoms with Crippen LogP contribution in [0.1, 0.15) is 74.1 Å². The Balaban J connectivity index is 3.93. The number of unbranched alkanes of at least 4 members (excludes halogenated alkanes) is 1. The molecule has 0 aliphatic carbocycles. The molecule has 0 saturated heterocycles. The van der Waals surface area contributed by atoms with Crippen LogP contribution in [0, 0.1) is 11.3 Å². The minimum atomic E-state index is -2.52. The molecule has 116 valence electrons. The third-order valence-electron chi connectivity index (χ3n) is 3.35. The topological polar surface area (TPSA) is 9.23 Å². The fourth-order valence-electron chi connectivity index (χ4n) is 1.74. The van der Waals surface area contributed by atoms with Gasteiger partial charge >= 0.3 is 0 Å². The molecule has 0 aliphatic rings. The summed E-state index contributed by atoms with van der Waals surface area (Å²) in [5, 5.41) is 0. The Hall–Kier alpha value is -0.180. The molecule has 3 heteroatoms. The predicted molar refractivity (Wildman–Crippen MR) is 77.7 cm³/mol. The second-order valence-corrected chi connectivity index (χ2v) is 7.69. The third kappa shape index (κ3) is 9.37. The summed E-state index contributed by atoms with van der Waals surface area (Å²) in [5.41, 5.74) is -0.0810. The van der Waals surface area contributed by atoms with E-state index in [0.29, 0.717) is 13.0 Å². The Morgan fingerprint density at radius 1 is 0.895 bits per heavy atom. The van der Waals surface area contributed by atoms with Gasteiger partial charge in [0, 0.05) is 12.3 Å². The van der Waals surface area contributed by atoms with E-state index in [-0.39, 0.29) is 17.4 Å². The first-order valence-electron chi connectivity index (χ1n) is 7.37. The maximum atomic E-state index is 13.4. The van der Waals surface area contributed by atoms with Crippen LogP contribution in [0.2, 0.25) is 0 Å². The van der Waals surface area contributed by atoms with Gasteiger partial charge in [0.05, 0.1) is 12.2 Å². The minimum absolute atomic E-state index is 0.000868. The third-order valence-corrected chi connectivity index (χ3v) is 3.35. The SMILES string of the molecule is CC(C)C(F)(F)CCCCC(C)(C)COC(C)(C)C. The zero-order valence-corrected chi connectivity index (χ0v) is 13.8. The Labute approximate surface area is 118 Å². The molecule has 0 N–H and O–H groups in total. The molecule has 0 fully saturated rings. The Bertz CT molecular complexity index is 252. The lowest BCUT2D eigenvalue weighted by Gasteiger charge is -2.30. The molecule has 0 bridgehead atoms. The molecule has 0 saturated carbocycles. The molecule has 0 aromatic carbocycles. The number of hydrogen-bond acceptors (Lipinski definition) is 1. The van der Waals surface area contributed by atoms with Gasteiger partial charge in [0.15, 0.2) is 0 Å². The molecule has 0 rings (SSSR count). The number of alkyl halides is 2. The van der Waals surface area contributed by atoms with Crippen molar-refractivity contribution in [1.82, 2.24) is 0 Å². The van der Waals surface area contributed by atoms with Crippen molar-refractivity contribution in [1.29, 1.82) is 0 Å². The van der Waals surface area contributed by atoms with E-state index in [2.05, 4.69) is 13.8 Å². The van der Waals surface area contributed by atoms with Gasteiger partial charge in [0.25, 0.3) is 0 Å². The van der Waals surface area contributed by atoms with Gasteiger partial charge in [-0.05, 0) is 39.0 Å². The zero-order valence-electron chi connectivity index (χ0n) is 13.8. The number of hydrogen-bond donors (Lipinski definition) is 0. The first-order chi connectivity index (χ1) is 8.36. The summed E-state index contributed by atoms with van der Waals surface area (Å²) in [6.45, 7) is 14.2. The summed E-state index contributed by atoms with van der Waals surface area (Å²) in [5.74, 6) is -3.09. The van der Waals surface area contributed by atoms with Crippen molar-refractivity contribution in [2.24, 2.45) is 11.3 Å². The molecule has 0 aliphatic heterocycles. The summed E-state index contributed by atoms with van der Waals surface area (Å²) in [6.07, 6.45) is 2.35. The highest BCUT2D eigenvalue weighted by Gasteiger charge is 2.32. The lowest BCUT2D eigenvalue weighted by molar-refractivity contribution is -0.0574. The highest BCUT2D eigenvalue weighted by molar-refractivity contribution is 4.73. The van der Waals surface area contributed by atoms with Crippen LogP contribution < -0.4 is 0 Å². The molecule has 0 heterocycles. The number of halogens is 2. The van der Waals surface area contributed by atoms with Crippen LogP contribution in [0.3, 0.4) is 0 Å². The Kier molecular flexibility index (Phi) is 6.94. The average Bonchev–Trinajstić information content (AvgIpc) is 2.21. The van der Waals surface area contributed by atoms with Crippen molar-refractivity contribution in [3.8, 4) is 0 Å². The minimum Gasteiger partial charge on any atom is -0.375 e. The largest absolute Gasteiger partial charge is 0.375 e. The lowest BCUT2D eigenvalue weighted by Crippen LogP contribution is -2.28. The fourth-order valence-corrected chi connectivity index (χ4v) is 1.74. The molecule has 0 radical (unpaired) electrons. The van der Waals surface area contributed by atoms with E-state index >= 15 is 0 Å². The first-order valence-corrected chi connectivity index (χ1v) is 7.37. The first kappa shape index (κ1) is 18.8. The van der Waals surface area contributed by atoms with Crippen molar-refractivity contribution in [3.63, 3.8) is 0 Å². The van der Waals surface area contributed by atoms with Gasteiger partial charge in [-0.15, -0.1) is 0 Å². The van der Waals surface area contributed by atoms with Gasteiger partial charge < -0.3 is 4.74 Å². The van der Waals surface area contributed by atoms with Crippen LogP contribution in [0.25, 0.3) is 0 Å². The van der Waals surface area contributed by atoms with Crippen LogP contribution in [0.5, 0.6) is 0 Å². The molecule has 0 amide bonds. The van der Waals surface area contributed by atoms with E-state index in [9.17, 15) is 8.78 Å². The van der Waals surface area contributed by atoms with Gasteiger partial charge in [-0.25, -0.2) is 8.78 Å².